The number of nitrogens with zero attached hydrogens (tertiary/aromatic N) is 3. The van der Waals surface area contributed by atoms with E-state index in [4.69, 9.17) is 5.10 Å². The first kappa shape index (κ1) is 13.2. The third-order valence-electron chi connectivity index (χ3n) is 4.81. The van der Waals surface area contributed by atoms with Crippen molar-refractivity contribution >= 4 is 17.6 Å². The maximum atomic E-state index is 4.91. The van der Waals surface area contributed by atoms with Crippen LogP contribution in [0.25, 0.3) is 0 Å². The molecule has 0 aromatic carbocycles. The SMILES string of the molecule is CSc1ncccc1C1(c2cc3n(n2)CCCN3)CCC1. The standard InChI is InChI=1S/C16H20N4S/c1-21-15-12(5-2-8-18-15)16(6-3-7-16)13-11-14-17-9-4-10-20(14)19-13/h2,5,8,11,17H,3-4,6-7,9-10H2,1H3. The van der Waals surface area contributed by atoms with Gasteiger partial charge in [0.15, 0.2) is 0 Å². The van der Waals surface area contributed by atoms with Crippen molar-refractivity contribution in [1.29, 1.82) is 0 Å². The highest BCUT2D eigenvalue weighted by Gasteiger charge is 2.44. The number of aromatic nitrogens is 3. The van der Waals surface area contributed by atoms with E-state index in [2.05, 4.69) is 39.4 Å². The first-order valence-corrected chi connectivity index (χ1v) is 8.88. The molecular formula is C16H20N4S. The van der Waals surface area contributed by atoms with E-state index in [1.165, 1.54) is 36.3 Å². The van der Waals surface area contributed by atoms with Crippen LogP contribution in [0.1, 0.15) is 36.9 Å². The van der Waals surface area contributed by atoms with Crippen LogP contribution in [0, 0.1) is 0 Å². The van der Waals surface area contributed by atoms with Gasteiger partial charge in [-0.3, -0.25) is 0 Å². The van der Waals surface area contributed by atoms with Gasteiger partial charge in [0.1, 0.15) is 5.82 Å². The molecule has 1 aliphatic heterocycles. The molecule has 0 radical (unpaired) electrons. The number of nitrogens with one attached hydrogen (secondary N) is 1. The zero-order valence-corrected chi connectivity index (χ0v) is 13.1. The van der Waals surface area contributed by atoms with Crippen LogP contribution in [0.5, 0.6) is 0 Å². The second kappa shape index (κ2) is 5.05. The van der Waals surface area contributed by atoms with Crippen LogP contribution in [0.4, 0.5) is 5.82 Å². The Labute approximate surface area is 129 Å². The normalized spacial score (nSPS) is 19.5. The highest BCUT2D eigenvalue weighted by molar-refractivity contribution is 7.98. The molecule has 110 valence electrons. The number of pyridine rings is 1. The van der Waals surface area contributed by atoms with Gasteiger partial charge in [0.2, 0.25) is 0 Å². The van der Waals surface area contributed by atoms with Gasteiger partial charge in [-0.25, -0.2) is 9.67 Å². The van der Waals surface area contributed by atoms with E-state index in [9.17, 15) is 0 Å². The summed E-state index contributed by atoms with van der Waals surface area (Å²) in [7, 11) is 0. The first-order chi connectivity index (χ1) is 10.3. The lowest BCUT2D eigenvalue weighted by Gasteiger charge is -2.41. The Balaban J connectivity index is 1.81. The summed E-state index contributed by atoms with van der Waals surface area (Å²) in [5.74, 6) is 1.18. The van der Waals surface area contributed by atoms with Crippen molar-refractivity contribution in [2.75, 3.05) is 18.1 Å². The van der Waals surface area contributed by atoms with Crippen molar-refractivity contribution < 1.29 is 0 Å². The highest BCUT2D eigenvalue weighted by atomic mass is 32.2. The fourth-order valence-corrected chi connectivity index (χ4v) is 4.17. The molecule has 3 heterocycles. The predicted octanol–water partition coefficient (Wildman–Crippen LogP) is 3.29. The van der Waals surface area contributed by atoms with E-state index in [0.29, 0.717) is 0 Å². The fourth-order valence-electron chi connectivity index (χ4n) is 3.52. The maximum absolute atomic E-state index is 4.91. The number of anilines is 1. The number of hydrogen-bond donors (Lipinski definition) is 1. The maximum Gasteiger partial charge on any atom is 0.124 e. The van der Waals surface area contributed by atoms with Crippen LogP contribution in [-0.4, -0.2) is 27.6 Å². The van der Waals surface area contributed by atoms with Crippen LogP contribution in [0.15, 0.2) is 29.4 Å². The number of thioether (sulfide) groups is 1. The summed E-state index contributed by atoms with van der Waals surface area (Å²) in [5.41, 5.74) is 2.67. The monoisotopic (exact) mass is 300 g/mol. The van der Waals surface area contributed by atoms with Gasteiger partial charge in [0.05, 0.1) is 10.7 Å². The molecule has 1 aliphatic carbocycles. The molecule has 0 atom stereocenters. The molecule has 2 aromatic rings. The molecule has 1 saturated carbocycles. The molecule has 1 fully saturated rings. The largest absolute Gasteiger partial charge is 0.370 e. The Hall–Kier alpha value is -1.49. The smallest absolute Gasteiger partial charge is 0.124 e. The minimum Gasteiger partial charge on any atom is -0.370 e. The molecule has 2 aromatic heterocycles. The molecule has 1 N–H and O–H groups in total. The third kappa shape index (κ3) is 1.98. The molecule has 0 saturated heterocycles. The fraction of sp³-hybridized carbons (Fsp3) is 0.500. The van der Waals surface area contributed by atoms with Crippen molar-refractivity contribution in [3.05, 3.63) is 35.7 Å². The van der Waals surface area contributed by atoms with Gasteiger partial charge in [0.25, 0.3) is 0 Å². The van der Waals surface area contributed by atoms with Gasteiger partial charge in [-0.2, -0.15) is 5.10 Å². The second-order valence-electron chi connectivity index (χ2n) is 5.91. The summed E-state index contributed by atoms with van der Waals surface area (Å²) in [5, 5.41) is 9.53. The average molecular weight is 300 g/mol. The molecule has 4 nitrogen and oxygen atoms in total. The lowest BCUT2D eigenvalue weighted by atomic mass is 9.63. The quantitative estimate of drug-likeness (QED) is 0.883. The van der Waals surface area contributed by atoms with Crippen LogP contribution in [0.3, 0.4) is 0 Å². The Morgan fingerprint density at radius 1 is 1.33 bits per heavy atom. The van der Waals surface area contributed by atoms with Crippen LogP contribution in [0.2, 0.25) is 0 Å². The van der Waals surface area contributed by atoms with Crippen molar-refractivity contribution in [2.24, 2.45) is 0 Å². The zero-order valence-electron chi connectivity index (χ0n) is 12.3. The minimum absolute atomic E-state index is 0.0820. The number of rotatable bonds is 3. The third-order valence-corrected chi connectivity index (χ3v) is 5.52. The number of hydrogen-bond acceptors (Lipinski definition) is 4. The van der Waals surface area contributed by atoms with E-state index in [-0.39, 0.29) is 5.41 Å². The van der Waals surface area contributed by atoms with Crippen LogP contribution in [-0.2, 0) is 12.0 Å². The molecule has 5 heteroatoms. The Kier molecular flexibility index (Phi) is 3.17. The van der Waals surface area contributed by atoms with Crippen molar-refractivity contribution in [3.8, 4) is 0 Å². The second-order valence-corrected chi connectivity index (χ2v) is 6.71. The zero-order chi connectivity index (χ0) is 14.3. The molecule has 0 bridgehead atoms. The molecule has 21 heavy (non-hydrogen) atoms. The lowest BCUT2D eigenvalue weighted by Crippen LogP contribution is -2.36. The number of fused-ring (bicyclic) bond motifs is 1. The highest BCUT2D eigenvalue weighted by Crippen LogP contribution is 2.50. The Morgan fingerprint density at radius 2 is 2.24 bits per heavy atom. The summed E-state index contributed by atoms with van der Waals surface area (Å²) in [4.78, 5) is 4.57. The molecule has 2 aliphatic rings. The molecule has 0 spiro atoms. The van der Waals surface area contributed by atoms with Crippen molar-refractivity contribution in [1.82, 2.24) is 14.8 Å². The summed E-state index contributed by atoms with van der Waals surface area (Å²) in [6, 6.07) is 6.56. The average Bonchev–Trinajstić information content (AvgIpc) is 2.90. The van der Waals surface area contributed by atoms with Gasteiger partial charge in [-0.15, -0.1) is 11.8 Å². The predicted molar refractivity (Wildman–Crippen MR) is 86.0 cm³/mol. The van der Waals surface area contributed by atoms with E-state index >= 15 is 0 Å². The Morgan fingerprint density at radius 3 is 2.95 bits per heavy atom. The van der Waals surface area contributed by atoms with Gasteiger partial charge in [-0.05, 0) is 37.1 Å². The van der Waals surface area contributed by atoms with E-state index in [1.54, 1.807) is 11.8 Å². The van der Waals surface area contributed by atoms with E-state index < -0.39 is 0 Å². The molecule has 0 unspecified atom stereocenters. The van der Waals surface area contributed by atoms with Crippen LogP contribution >= 0.6 is 11.8 Å². The molecular weight excluding hydrogens is 280 g/mol. The van der Waals surface area contributed by atoms with Gasteiger partial charge in [0, 0.05) is 30.8 Å². The summed E-state index contributed by atoms with van der Waals surface area (Å²) >= 11 is 1.74. The molecule has 0 amide bonds. The van der Waals surface area contributed by atoms with Crippen LogP contribution < -0.4 is 5.32 Å². The Bertz CT molecular complexity index is 637. The first-order valence-electron chi connectivity index (χ1n) is 7.65. The topological polar surface area (TPSA) is 42.7 Å². The minimum atomic E-state index is 0.0820. The van der Waals surface area contributed by atoms with Gasteiger partial charge in [-0.1, -0.05) is 12.5 Å². The van der Waals surface area contributed by atoms with E-state index in [1.807, 2.05) is 6.20 Å². The summed E-state index contributed by atoms with van der Waals surface area (Å²) < 4.78 is 2.13. The van der Waals surface area contributed by atoms with E-state index in [0.717, 1.165) is 24.5 Å². The number of aryl methyl sites for hydroxylation is 1. The van der Waals surface area contributed by atoms with Crippen molar-refractivity contribution in [3.63, 3.8) is 0 Å². The van der Waals surface area contributed by atoms with Crippen molar-refractivity contribution in [2.45, 2.75) is 42.7 Å². The summed E-state index contributed by atoms with van der Waals surface area (Å²) in [6.07, 6.45) is 8.80. The lowest BCUT2D eigenvalue weighted by molar-refractivity contribution is 0.285. The van der Waals surface area contributed by atoms with Gasteiger partial charge < -0.3 is 5.32 Å². The summed E-state index contributed by atoms with van der Waals surface area (Å²) in [6.45, 7) is 2.09. The molecule has 4 rings (SSSR count). The van der Waals surface area contributed by atoms with Gasteiger partial charge >= 0.3 is 0 Å².